The van der Waals surface area contributed by atoms with Gasteiger partial charge in [-0.05, 0) is 57.4 Å². The summed E-state index contributed by atoms with van der Waals surface area (Å²) in [5.41, 5.74) is -0.156. The predicted octanol–water partition coefficient (Wildman–Crippen LogP) is 3.22. The Hall–Kier alpha value is -2.08. The lowest BCUT2D eigenvalue weighted by atomic mass is 9.99. The van der Waals surface area contributed by atoms with Crippen LogP contribution in [0.1, 0.15) is 46.5 Å². The zero-order valence-corrected chi connectivity index (χ0v) is 16.0. The molecule has 0 bridgehead atoms. The van der Waals surface area contributed by atoms with Gasteiger partial charge in [0.25, 0.3) is 11.8 Å². The fourth-order valence-electron chi connectivity index (χ4n) is 3.15. The van der Waals surface area contributed by atoms with Crippen LogP contribution in [-0.4, -0.2) is 48.6 Å². The Kier molecular flexibility index (Phi) is 7.45. The van der Waals surface area contributed by atoms with Gasteiger partial charge in [-0.2, -0.15) is 0 Å². The molecule has 1 aliphatic heterocycles. The molecule has 0 saturated carbocycles. The Bertz CT molecular complexity index is 588. The molecule has 0 aliphatic carbocycles. The molecule has 0 radical (unpaired) electrons. The van der Waals surface area contributed by atoms with Crippen LogP contribution < -0.4 is 10.1 Å². The Morgan fingerprint density at radius 1 is 1.15 bits per heavy atom. The summed E-state index contributed by atoms with van der Waals surface area (Å²) in [4.78, 5) is 26.4. The number of rotatable bonds is 9. The first-order valence-electron chi connectivity index (χ1n) is 9.44. The lowest BCUT2D eigenvalue weighted by Gasteiger charge is -2.27. The van der Waals surface area contributed by atoms with Crippen LogP contribution in [0.25, 0.3) is 0 Å². The number of nitrogens with one attached hydrogen (secondary N) is 1. The largest absolute Gasteiger partial charge is 0.484 e. The molecule has 0 spiro atoms. The van der Waals surface area contributed by atoms with E-state index in [1.807, 2.05) is 25.7 Å². The van der Waals surface area contributed by atoms with Crippen LogP contribution in [0.4, 0.5) is 5.69 Å². The molecule has 1 atom stereocenters. The van der Waals surface area contributed by atoms with E-state index in [1.54, 1.807) is 24.3 Å². The Morgan fingerprint density at radius 2 is 1.81 bits per heavy atom. The SMILES string of the molecule is CCCC(C)(OCC)C(=O)Nc1ccc(OCC(=O)N2CCCC2)cc1. The molecular weight excluding hydrogens is 332 g/mol. The van der Waals surface area contributed by atoms with Crippen LogP contribution >= 0.6 is 0 Å². The van der Waals surface area contributed by atoms with Crippen molar-refractivity contribution in [1.29, 1.82) is 0 Å². The van der Waals surface area contributed by atoms with Crippen LogP contribution in [0.3, 0.4) is 0 Å². The Labute approximate surface area is 155 Å². The third kappa shape index (κ3) is 5.46. The summed E-state index contributed by atoms with van der Waals surface area (Å²) in [6, 6.07) is 7.05. The van der Waals surface area contributed by atoms with Gasteiger partial charge >= 0.3 is 0 Å². The van der Waals surface area contributed by atoms with Gasteiger partial charge in [-0.3, -0.25) is 9.59 Å². The number of likely N-dealkylation sites (tertiary alicyclic amines) is 1. The molecule has 1 aliphatic rings. The molecular formula is C20H30N2O4. The van der Waals surface area contributed by atoms with E-state index < -0.39 is 5.60 Å². The first kappa shape index (κ1) is 20.2. The van der Waals surface area contributed by atoms with Gasteiger partial charge in [0, 0.05) is 25.4 Å². The van der Waals surface area contributed by atoms with Crippen molar-refractivity contribution in [2.75, 3.05) is 31.6 Å². The van der Waals surface area contributed by atoms with Gasteiger partial charge in [0.1, 0.15) is 11.4 Å². The van der Waals surface area contributed by atoms with E-state index in [2.05, 4.69) is 5.32 Å². The molecule has 6 nitrogen and oxygen atoms in total. The van der Waals surface area contributed by atoms with Crippen molar-refractivity contribution >= 4 is 17.5 Å². The van der Waals surface area contributed by atoms with Crippen LogP contribution in [0.5, 0.6) is 5.75 Å². The minimum Gasteiger partial charge on any atom is -0.484 e. The Morgan fingerprint density at radius 3 is 2.38 bits per heavy atom. The number of amides is 2. The highest BCUT2D eigenvalue weighted by atomic mass is 16.5. The van der Waals surface area contributed by atoms with Gasteiger partial charge in [0.05, 0.1) is 0 Å². The van der Waals surface area contributed by atoms with Gasteiger partial charge in [-0.25, -0.2) is 0 Å². The summed E-state index contributed by atoms with van der Waals surface area (Å²) in [6.45, 7) is 7.91. The highest BCUT2D eigenvalue weighted by molar-refractivity contribution is 5.97. The number of carbonyl (C=O) groups is 2. The van der Waals surface area contributed by atoms with Gasteiger partial charge in [-0.15, -0.1) is 0 Å². The van der Waals surface area contributed by atoms with E-state index in [1.165, 1.54) is 0 Å². The molecule has 1 saturated heterocycles. The van der Waals surface area contributed by atoms with Crippen molar-refractivity contribution in [3.05, 3.63) is 24.3 Å². The second kappa shape index (κ2) is 9.57. The minimum absolute atomic E-state index is 0.0203. The van der Waals surface area contributed by atoms with Gasteiger partial charge in [-0.1, -0.05) is 13.3 Å². The van der Waals surface area contributed by atoms with E-state index in [4.69, 9.17) is 9.47 Å². The summed E-state index contributed by atoms with van der Waals surface area (Å²) < 4.78 is 11.2. The molecule has 0 aromatic heterocycles. The molecule has 6 heteroatoms. The van der Waals surface area contributed by atoms with E-state index in [0.717, 1.165) is 32.4 Å². The molecule has 1 unspecified atom stereocenters. The summed E-state index contributed by atoms with van der Waals surface area (Å²) >= 11 is 0. The van der Waals surface area contributed by atoms with Crippen LogP contribution in [0.15, 0.2) is 24.3 Å². The smallest absolute Gasteiger partial charge is 0.260 e. The fraction of sp³-hybridized carbons (Fsp3) is 0.600. The average molecular weight is 362 g/mol. The first-order valence-corrected chi connectivity index (χ1v) is 9.44. The first-order chi connectivity index (χ1) is 12.5. The third-order valence-corrected chi connectivity index (χ3v) is 4.60. The number of carbonyl (C=O) groups excluding carboxylic acids is 2. The van der Waals surface area contributed by atoms with Crippen molar-refractivity contribution < 1.29 is 19.1 Å². The van der Waals surface area contributed by atoms with Gasteiger partial charge < -0.3 is 19.7 Å². The quantitative estimate of drug-likeness (QED) is 0.732. The molecule has 1 aromatic carbocycles. The molecule has 1 heterocycles. The Balaban J connectivity index is 1.88. The van der Waals surface area contributed by atoms with E-state index in [9.17, 15) is 9.59 Å². The van der Waals surface area contributed by atoms with Crippen molar-refractivity contribution in [1.82, 2.24) is 4.90 Å². The molecule has 144 valence electrons. The second-order valence-corrected chi connectivity index (χ2v) is 6.77. The highest BCUT2D eigenvalue weighted by Crippen LogP contribution is 2.22. The topological polar surface area (TPSA) is 67.9 Å². The number of ether oxygens (including phenoxy) is 2. The van der Waals surface area contributed by atoms with Crippen LogP contribution in [-0.2, 0) is 14.3 Å². The maximum atomic E-state index is 12.5. The lowest BCUT2D eigenvalue weighted by Crippen LogP contribution is -2.42. The van der Waals surface area contributed by atoms with Gasteiger partial charge in [0.15, 0.2) is 6.61 Å². The standard InChI is InChI=1S/C20H30N2O4/c1-4-12-20(3,26-5-2)19(24)21-16-8-10-17(11-9-16)25-15-18(23)22-13-6-7-14-22/h8-11H,4-7,12-15H2,1-3H3,(H,21,24). The van der Waals surface area contributed by atoms with Crippen LogP contribution in [0.2, 0.25) is 0 Å². The molecule has 26 heavy (non-hydrogen) atoms. The molecule has 1 aromatic rings. The number of hydrogen-bond acceptors (Lipinski definition) is 4. The van der Waals surface area contributed by atoms with Crippen LogP contribution in [0, 0.1) is 0 Å². The third-order valence-electron chi connectivity index (χ3n) is 4.60. The summed E-state index contributed by atoms with van der Waals surface area (Å²) in [7, 11) is 0. The maximum absolute atomic E-state index is 12.5. The molecule has 2 amide bonds. The van der Waals surface area contributed by atoms with Gasteiger partial charge in [0.2, 0.25) is 0 Å². The maximum Gasteiger partial charge on any atom is 0.260 e. The monoisotopic (exact) mass is 362 g/mol. The average Bonchev–Trinajstić information content (AvgIpc) is 3.16. The minimum atomic E-state index is -0.833. The molecule has 2 rings (SSSR count). The number of hydrogen-bond donors (Lipinski definition) is 1. The number of nitrogens with zero attached hydrogens (tertiary/aromatic N) is 1. The van der Waals surface area contributed by atoms with Crippen molar-refractivity contribution in [3.8, 4) is 5.75 Å². The highest BCUT2D eigenvalue weighted by Gasteiger charge is 2.32. The molecule has 1 N–H and O–H groups in total. The zero-order chi connectivity index (χ0) is 19.0. The zero-order valence-electron chi connectivity index (χ0n) is 16.0. The van der Waals surface area contributed by atoms with E-state index >= 15 is 0 Å². The summed E-state index contributed by atoms with van der Waals surface area (Å²) in [6.07, 6.45) is 3.66. The summed E-state index contributed by atoms with van der Waals surface area (Å²) in [5.74, 6) is 0.475. The molecule has 1 fully saturated rings. The van der Waals surface area contributed by atoms with E-state index in [-0.39, 0.29) is 18.4 Å². The lowest BCUT2D eigenvalue weighted by molar-refractivity contribution is -0.139. The number of benzene rings is 1. The van der Waals surface area contributed by atoms with Crippen molar-refractivity contribution in [2.24, 2.45) is 0 Å². The summed E-state index contributed by atoms with van der Waals surface area (Å²) in [5, 5.41) is 2.89. The van der Waals surface area contributed by atoms with Crippen molar-refractivity contribution in [3.63, 3.8) is 0 Å². The normalized spacial score (nSPS) is 16.2. The van der Waals surface area contributed by atoms with Crippen molar-refractivity contribution in [2.45, 2.75) is 52.1 Å². The predicted molar refractivity (Wildman–Crippen MR) is 101 cm³/mol. The van der Waals surface area contributed by atoms with E-state index in [0.29, 0.717) is 24.5 Å². The number of anilines is 1. The second-order valence-electron chi connectivity index (χ2n) is 6.77. The fourth-order valence-corrected chi connectivity index (χ4v) is 3.15.